The molecule has 0 aliphatic rings. The van der Waals surface area contributed by atoms with Gasteiger partial charge in [-0.15, -0.1) is 0 Å². The second-order valence-corrected chi connectivity index (χ2v) is 7.06. The molecule has 2 aromatic carbocycles. The van der Waals surface area contributed by atoms with E-state index in [9.17, 15) is 5.11 Å². The fraction of sp³-hybridized carbons (Fsp3) is 0.478. The van der Waals surface area contributed by atoms with Gasteiger partial charge in [0.2, 0.25) is 0 Å². The van der Waals surface area contributed by atoms with Crippen molar-refractivity contribution in [3.05, 3.63) is 47.5 Å². The lowest BCUT2D eigenvalue weighted by Crippen LogP contribution is -2.20. The van der Waals surface area contributed by atoms with Gasteiger partial charge in [-0.1, -0.05) is 26.0 Å². The molecule has 2 unspecified atom stereocenters. The highest BCUT2D eigenvalue weighted by atomic mass is 16.5. The van der Waals surface area contributed by atoms with E-state index in [0.29, 0.717) is 28.9 Å². The summed E-state index contributed by atoms with van der Waals surface area (Å²) in [6.45, 7) is 4.57. The van der Waals surface area contributed by atoms with Crippen molar-refractivity contribution in [2.75, 3.05) is 35.0 Å². The van der Waals surface area contributed by atoms with E-state index in [1.54, 1.807) is 28.4 Å². The van der Waals surface area contributed by atoms with Gasteiger partial charge in [-0.2, -0.15) is 0 Å². The van der Waals surface area contributed by atoms with Crippen LogP contribution in [0.5, 0.6) is 23.0 Å². The average molecular weight is 389 g/mol. The Hall–Kier alpha value is -2.40. The number of hydrogen-bond donors (Lipinski definition) is 1. The number of ether oxygens (including phenoxy) is 4. The predicted molar refractivity (Wildman–Crippen MR) is 111 cm³/mol. The summed E-state index contributed by atoms with van der Waals surface area (Å²) in [7, 11) is 6.56. The van der Waals surface area contributed by atoms with Crippen LogP contribution in [0.3, 0.4) is 0 Å². The summed E-state index contributed by atoms with van der Waals surface area (Å²) in [5.74, 6) is 3.52. The Balaban J connectivity index is 2.57. The lowest BCUT2D eigenvalue weighted by atomic mass is 9.75. The SMILES string of the molecule is COc1ccc(C(c2ccc(OC)c(OC)c2)C(C)C(C)CCO)cc1OC. The molecule has 154 valence electrons. The van der Waals surface area contributed by atoms with Crippen LogP contribution in [0, 0.1) is 11.8 Å². The molecule has 0 saturated carbocycles. The first-order valence-corrected chi connectivity index (χ1v) is 9.55. The zero-order valence-corrected chi connectivity index (χ0v) is 17.7. The fourth-order valence-electron chi connectivity index (χ4n) is 3.69. The molecule has 0 amide bonds. The molecule has 2 aromatic rings. The molecule has 0 heterocycles. The first kappa shape index (κ1) is 21.9. The first-order valence-electron chi connectivity index (χ1n) is 9.55. The average Bonchev–Trinajstić information content (AvgIpc) is 2.73. The molecular formula is C23H32O5. The van der Waals surface area contributed by atoms with E-state index >= 15 is 0 Å². The standard InChI is InChI=1S/C23H32O5/c1-15(11-12-24)16(2)23(17-7-9-19(25-3)21(13-17)27-5)18-8-10-20(26-4)22(14-18)28-6/h7-10,13-16,23-24H,11-12H2,1-6H3. The van der Waals surface area contributed by atoms with Crippen LogP contribution in [-0.2, 0) is 0 Å². The third-order valence-corrected chi connectivity index (χ3v) is 5.54. The van der Waals surface area contributed by atoms with Gasteiger partial charge in [0.25, 0.3) is 0 Å². The smallest absolute Gasteiger partial charge is 0.161 e. The van der Waals surface area contributed by atoms with E-state index < -0.39 is 0 Å². The molecule has 0 spiro atoms. The van der Waals surface area contributed by atoms with Gasteiger partial charge in [-0.25, -0.2) is 0 Å². The van der Waals surface area contributed by atoms with Gasteiger partial charge in [-0.3, -0.25) is 0 Å². The highest BCUT2D eigenvalue weighted by Gasteiger charge is 2.27. The highest BCUT2D eigenvalue weighted by Crippen LogP contribution is 2.42. The molecule has 0 aromatic heterocycles. The number of benzene rings is 2. The molecule has 0 bridgehead atoms. The van der Waals surface area contributed by atoms with Crippen molar-refractivity contribution in [2.45, 2.75) is 26.2 Å². The van der Waals surface area contributed by atoms with E-state index in [1.807, 2.05) is 24.3 Å². The monoisotopic (exact) mass is 388 g/mol. The minimum atomic E-state index is 0.0983. The van der Waals surface area contributed by atoms with E-state index in [2.05, 4.69) is 26.0 Å². The van der Waals surface area contributed by atoms with Crippen molar-refractivity contribution >= 4 is 0 Å². The summed E-state index contributed by atoms with van der Waals surface area (Å²) in [5, 5.41) is 9.44. The van der Waals surface area contributed by atoms with Crippen LogP contribution >= 0.6 is 0 Å². The van der Waals surface area contributed by atoms with Crippen molar-refractivity contribution in [3.8, 4) is 23.0 Å². The Bertz CT molecular complexity index is 703. The third kappa shape index (κ3) is 4.71. The Morgan fingerprint density at radius 1 is 0.714 bits per heavy atom. The summed E-state index contributed by atoms with van der Waals surface area (Å²) in [6.07, 6.45) is 0.748. The minimum Gasteiger partial charge on any atom is -0.493 e. The number of methoxy groups -OCH3 is 4. The lowest BCUT2D eigenvalue weighted by Gasteiger charge is -2.30. The first-order chi connectivity index (χ1) is 13.5. The minimum absolute atomic E-state index is 0.0983. The number of hydrogen-bond acceptors (Lipinski definition) is 5. The van der Waals surface area contributed by atoms with Crippen LogP contribution in [0.15, 0.2) is 36.4 Å². The molecule has 5 nitrogen and oxygen atoms in total. The molecule has 0 fully saturated rings. The normalized spacial score (nSPS) is 13.1. The zero-order valence-electron chi connectivity index (χ0n) is 17.7. The molecule has 2 atom stereocenters. The summed E-state index contributed by atoms with van der Waals surface area (Å²) in [5.41, 5.74) is 2.25. The topological polar surface area (TPSA) is 57.2 Å². The van der Waals surface area contributed by atoms with E-state index in [-0.39, 0.29) is 18.4 Å². The molecule has 1 N–H and O–H groups in total. The second-order valence-electron chi connectivity index (χ2n) is 7.06. The Labute approximate surface area is 168 Å². The van der Waals surface area contributed by atoms with Gasteiger partial charge < -0.3 is 24.1 Å². The van der Waals surface area contributed by atoms with Crippen LogP contribution in [-0.4, -0.2) is 40.2 Å². The summed E-state index contributed by atoms with van der Waals surface area (Å²) >= 11 is 0. The van der Waals surface area contributed by atoms with E-state index in [0.717, 1.165) is 17.5 Å². The van der Waals surface area contributed by atoms with Crippen molar-refractivity contribution < 1.29 is 24.1 Å². The Kier molecular flexibility index (Phi) is 8.00. The number of aliphatic hydroxyl groups is 1. The van der Waals surface area contributed by atoms with Gasteiger partial charge in [0, 0.05) is 12.5 Å². The molecule has 0 aliphatic carbocycles. The van der Waals surface area contributed by atoms with Crippen LogP contribution in [0.1, 0.15) is 37.3 Å². The van der Waals surface area contributed by atoms with Crippen molar-refractivity contribution in [1.82, 2.24) is 0 Å². The molecule has 0 saturated heterocycles. The quantitative estimate of drug-likeness (QED) is 0.649. The maximum absolute atomic E-state index is 9.44. The molecule has 0 aliphatic heterocycles. The van der Waals surface area contributed by atoms with Gasteiger partial charge in [0.15, 0.2) is 23.0 Å². The van der Waals surface area contributed by atoms with Crippen LogP contribution in [0.25, 0.3) is 0 Å². The summed E-state index contributed by atoms with van der Waals surface area (Å²) < 4.78 is 21.8. The predicted octanol–water partition coefficient (Wildman–Crippen LogP) is 4.51. The molecule has 5 heteroatoms. The zero-order chi connectivity index (χ0) is 20.7. The van der Waals surface area contributed by atoms with Gasteiger partial charge >= 0.3 is 0 Å². The van der Waals surface area contributed by atoms with Crippen molar-refractivity contribution in [3.63, 3.8) is 0 Å². The van der Waals surface area contributed by atoms with E-state index in [4.69, 9.17) is 18.9 Å². The van der Waals surface area contributed by atoms with Crippen molar-refractivity contribution in [1.29, 1.82) is 0 Å². The second kappa shape index (κ2) is 10.2. The molecule has 28 heavy (non-hydrogen) atoms. The summed E-state index contributed by atoms with van der Waals surface area (Å²) in [4.78, 5) is 0. The highest BCUT2D eigenvalue weighted by molar-refractivity contribution is 5.49. The Morgan fingerprint density at radius 3 is 1.50 bits per heavy atom. The van der Waals surface area contributed by atoms with Crippen LogP contribution in [0.2, 0.25) is 0 Å². The van der Waals surface area contributed by atoms with Gasteiger partial charge in [0.1, 0.15) is 0 Å². The number of aliphatic hydroxyl groups excluding tert-OH is 1. The maximum Gasteiger partial charge on any atom is 0.161 e. The largest absolute Gasteiger partial charge is 0.493 e. The van der Waals surface area contributed by atoms with E-state index in [1.165, 1.54) is 0 Å². The van der Waals surface area contributed by atoms with Crippen molar-refractivity contribution in [2.24, 2.45) is 11.8 Å². The van der Waals surface area contributed by atoms with Gasteiger partial charge in [-0.05, 0) is 53.6 Å². The lowest BCUT2D eigenvalue weighted by molar-refractivity contribution is 0.227. The third-order valence-electron chi connectivity index (χ3n) is 5.54. The Morgan fingerprint density at radius 2 is 1.14 bits per heavy atom. The fourth-order valence-corrected chi connectivity index (χ4v) is 3.69. The summed E-state index contributed by atoms with van der Waals surface area (Å²) in [6, 6.07) is 12.1. The molecular weight excluding hydrogens is 356 g/mol. The van der Waals surface area contributed by atoms with Gasteiger partial charge in [0.05, 0.1) is 28.4 Å². The molecule has 2 rings (SSSR count). The van der Waals surface area contributed by atoms with Crippen LogP contribution in [0.4, 0.5) is 0 Å². The maximum atomic E-state index is 9.44. The number of rotatable bonds is 10. The van der Waals surface area contributed by atoms with Crippen LogP contribution < -0.4 is 18.9 Å². The molecule has 0 radical (unpaired) electrons.